The standard InChI is InChI=1S/C21H28N4OS/c1-17-16-27-21(22-17)25-13-7-12-23(14-15-25)19(18-8-3-2-4-9-18)20(26)24-10-5-6-11-24/h2-4,8-9,16,19H,5-7,10-15H2,1H3. The van der Waals surface area contributed by atoms with Crippen molar-refractivity contribution in [3.05, 3.63) is 47.0 Å². The highest BCUT2D eigenvalue weighted by Gasteiger charge is 2.33. The molecule has 27 heavy (non-hydrogen) atoms. The Morgan fingerprint density at radius 2 is 1.78 bits per heavy atom. The monoisotopic (exact) mass is 384 g/mol. The second kappa shape index (κ2) is 8.40. The van der Waals surface area contributed by atoms with Crippen LogP contribution in [0.1, 0.15) is 36.6 Å². The fourth-order valence-corrected chi connectivity index (χ4v) is 4.99. The molecule has 6 heteroatoms. The van der Waals surface area contributed by atoms with Crippen LogP contribution >= 0.6 is 11.3 Å². The molecule has 0 N–H and O–H groups in total. The van der Waals surface area contributed by atoms with Gasteiger partial charge >= 0.3 is 0 Å². The fraction of sp³-hybridized carbons (Fsp3) is 0.524. The van der Waals surface area contributed by atoms with Crippen molar-refractivity contribution in [2.75, 3.05) is 44.2 Å². The van der Waals surface area contributed by atoms with Crippen LogP contribution in [0.15, 0.2) is 35.7 Å². The predicted octanol–water partition coefficient (Wildman–Crippen LogP) is 3.33. The molecule has 3 heterocycles. The second-order valence-electron chi connectivity index (χ2n) is 7.49. The van der Waals surface area contributed by atoms with E-state index in [0.29, 0.717) is 0 Å². The van der Waals surface area contributed by atoms with Crippen LogP contribution in [0, 0.1) is 6.92 Å². The number of carbonyl (C=O) groups is 1. The molecule has 0 saturated carbocycles. The molecular weight excluding hydrogens is 356 g/mol. The van der Waals surface area contributed by atoms with Crippen LogP contribution in [0.5, 0.6) is 0 Å². The van der Waals surface area contributed by atoms with Crippen LogP contribution in [-0.2, 0) is 4.79 Å². The van der Waals surface area contributed by atoms with Crippen molar-refractivity contribution in [3.63, 3.8) is 0 Å². The highest BCUT2D eigenvalue weighted by Crippen LogP contribution is 2.28. The van der Waals surface area contributed by atoms with Gasteiger partial charge in [0, 0.05) is 44.6 Å². The van der Waals surface area contributed by atoms with E-state index in [-0.39, 0.29) is 11.9 Å². The van der Waals surface area contributed by atoms with Gasteiger partial charge in [-0.1, -0.05) is 30.3 Å². The number of thiazole rings is 1. The molecule has 1 atom stereocenters. The third kappa shape index (κ3) is 4.17. The number of rotatable bonds is 4. The average molecular weight is 385 g/mol. The average Bonchev–Trinajstić information content (AvgIpc) is 3.31. The number of amides is 1. The highest BCUT2D eigenvalue weighted by molar-refractivity contribution is 7.13. The molecule has 0 aliphatic carbocycles. The molecule has 0 spiro atoms. The highest BCUT2D eigenvalue weighted by atomic mass is 32.1. The molecule has 4 rings (SSSR count). The summed E-state index contributed by atoms with van der Waals surface area (Å²) in [4.78, 5) is 24.8. The summed E-state index contributed by atoms with van der Waals surface area (Å²) in [6.07, 6.45) is 3.31. The first-order chi connectivity index (χ1) is 13.2. The maximum absolute atomic E-state index is 13.4. The van der Waals surface area contributed by atoms with Gasteiger partial charge in [0.1, 0.15) is 6.04 Å². The van der Waals surface area contributed by atoms with Gasteiger partial charge in [-0.05, 0) is 31.7 Å². The third-order valence-electron chi connectivity index (χ3n) is 5.54. The first-order valence-electron chi connectivity index (χ1n) is 9.97. The van der Waals surface area contributed by atoms with Gasteiger partial charge in [-0.25, -0.2) is 4.98 Å². The zero-order valence-corrected chi connectivity index (χ0v) is 16.8. The van der Waals surface area contributed by atoms with E-state index < -0.39 is 0 Å². The zero-order valence-electron chi connectivity index (χ0n) is 16.0. The van der Waals surface area contributed by atoms with Crippen LogP contribution in [0.25, 0.3) is 0 Å². The summed E-state index contributed by atoms with van der Waals surface area (Å²) in [5.41, 5.74) is 2.20. The van der Waals surface area contributed by atoms with Gasteiger partial charge in [0.2, 0.25) is 5.91 Å². The number of aryl methyl sites for hydroxylation is 1. The maximum Gasteiger partial charge on any atom is 0.244 e. The fourth-order valence-electron chi connectivity index (χ4n) is 4.13. The summed E-state index contributed by atoms with van der Waals surface area (Å²) in [5, 5.41) is 3.22. The van der Waals surface area contributed by atoms with E-state index in [0.717, 1.165) is 74.9 Å². The number of nitrogens with zero attached hydrogens (tertiary/aromatic N) is 4. The molecule has 1 unspecified atom stereocenters. The largest absolute Gasteiger partial charge is 0.347 e. The minimum absolute atomic E-state index is 0.165. The number of benzene rings is 1. The van der Waals surface area contributed by atoms with Gasteiger partial charge < -0.3 is 9.80 Å². The number of likely N-dealkylation sites (tertiary alicyclic amines) is 1. The molecule has 0 bridgehead atoms. The van der Waals surface area contributed by atoms with E-state index in [4.69, 9.17) is 0 Å². The molecule has 1 aromatic carbocycles. The summed E-state index contributed by atoms with van der Waals surface area (Å²) in [6, 6.07) is 10.2. The van der Waals surface area contributed by atoms with Gasteiger partial charge in [-0.3, -0.25) is 9.69 Å². The van der Waals surface area contributed by atoms with E-state index in [1.165, 1.54) is 0 Å². The van der Waals surface area contributed by atoms with Crippen molar-refractivity contribution in [3.8, 4) is 0 Å². The Morgan fingerprint density at radius 3 is 2.48 bits per heavy atom. The van der Waals surface area contributed by atoms with Crippen LogP contribution in [0.4, 0.5) is 5.13 Å². The summed E-state index contributed by atoms with van der Waals surface area (Å²) in [7, 11) is 0. The van der Waals surface area contributed by atoms with Crippen molar-refractivity contribution < 1.29 is 4.79 Å². The molecule has 5 nitrogen and oxygen atoms in total. The summed E-state index contributed by atoms with van der Waals surface area (Å²) in [5.74, 6) is 0.275. The number of aromatic nitrogens is 1. The van der Waals surface area contributed by atoms with E-state index >= 15 is 0 Å². The normalized spacial score (nSPS) is 19.9. The molecule has 144 valence electrons. The Hall–Kier alpha value is -1.92. The maximum atomic E-state index is 13.4. The molecular formula is C21H28N4OS. The van der Waals surface area contributed by atoms with Gasteiger partial charge in [0.05, 0.1) is 5.69 Å². The van der Waals surface area contributed by atoms with Gasteiger partial charge in [0.15, 0.2) is 5.13 Å². The number of anilines is 1. The van der Waals surface area contributed by atoms with Crippen molar-refractivity contribution in [1.82, 2.24) is 14.8 Å². The molecule has 2 fully saturated rings. The quantitative estimate of drug-likeness (QED) is 0.811. The van der Waals surface area contributed by atoms with Crippen LogP contribution in [0.2, 0.25) is 0 Å². The number of hydrogen-bond donors (Lipinski definition) is 0. The van der Waals surface area contributed by atoms with Gasteiger partial charge in [-0.15, -0.1) is 11.3 Å². The Bertz CT molecular complexity index is 757. The van der Waals surface area contributed by atoms with Gasteiger partial charge in [0.25, 0.3) is 0 Å². The van der Waals surface area contributed by atoms with Crippen molar-refractivity contribution in [2.24, 2.45) is 0 Å². The Kier molecular flexibility index (Phi) is 5.74. The Labute approximate surface area is 165 Å². The molecule has 1 amide bonds. The van der Waals surface area contributed by atoms with E-state index in [1.807, 2.05) is 25.1 Å². The van der Waals surface area contributed by atoms with Crippen molar-refractivity contribution in [2.45, 2.75) is 32.2 Å². The SMILES string of the molecule is Cc1csc(N2CCCN(C(C(=O)N3CCCC3)c3ccccc3)CC2)n1. The van der Waals surface area contributed by atoms with Gasteiger partial charge in [-0.2, -0.15) is 0 Å². The lowest BCUT2D eigenvalue weighted by atomic mass is 10.0. The van der Waals surface area contributed by atoms with Crippen LogP contribution in [0.3, 0.4) is 0 Å². The molecule has 2 aromatic rings. The third-order valence-corrected chi connectivity index (χ3v) is 6.56. The Balaban J connectivity index is 1.53. The first-order valence-corrected chi connectivity index (χ1v) is 10.9. The first kappa shape index (κ1) is 18.4. The minimum Gasteiger partial charge on any atom is -0.347 e. The number of carbonyl (C=O) groups excluding carboxylic acids is 1. The Morgan fingerprint density at radius 1 is 1.00 bits per heavy atom. The lowest BCUT2D eigenvalue weighted by Gasteiger charge is -2.33. The van der Waals surface area contributed by atoms with E-state index in [9.17, 15) is 4.79 Å². The molecule has 2 saturated heterocycles. The van der Waals surface area contributed by atoms with E-state index in [1.54, 1.807) is 11.3 Å². The second-order valence-corrected chi connectivity index (χ2v) is 8.33. The predicted molar refractivity (Wildman–Crippen MR) is 110 cm³/mol. The molecule has 2 aliphatic heterocycles. The van der Waals surface area contributed by atoms with Crippen LogP contribution in [-0.4, -0.2) is 60.0 Å². The topological polar surface area (TPSA) is 39.7 Å². The minimum atomic E-state index is -0.165. The summed E-state index contributed by atoms with van der Waals surface area (Å²) < 4.78 is 0. The molecule has 1 aromatic heterocycles. The van der Waals surface area contributed by atoms with Crippen molar-refractivity contribution in [1.29, 1.82) is 0 Å². The van der Waals surface area contributed by atoms with Crippen LogP contribution < -0.4 is 4.90 Å². The summed E-state index contributed by atoms with van der Waals surface area (Å²) in [6.45, 7) is 7.61. The van der Waals surface area contributed by atoms with Crippen molar-refractivity contribution >= 4 is 22.4 Å². The zero-order chi connectivity index (χ0) is 18.6. The molecule has 2 aliphatic rings. The van der Waals surface area contributed by atoms with E-state index in [2.05, 4.69) is 37.2 Å². The molecule has 0 radical (unpaired) electrons. The smallest absolute Gasteiger partial charge is 0.244 e. The lowest BCUT2D eigenvalue weighted by Crippen LogP contribution is -2.43. The lowest BCUT2D eigenvalue weighted by molar-refractivity contribution is -0.136. The summed E-state index contributed by atoms with van der Waals surface area (Å²) >= 11 is 1.72. The number of hydrogen-bond acceptors (Lipinski definition) is 5.